The van der Waals surface area contributed by atoms with Gasteiger partial charge in [0.15, 0.2) is 11.5 Å². The maximum Gasteiger partial charge on any atom is 0.271 e. The molecule has 5 heteroatoms. The van der Waals surface area contributed by atoms with Crippen LogP contribution in [0.4, 0.5) is 11.5 Å². The molecule has 0 saturated heterocycles. The summed E-state index contributed by atoms with van der Waals surface area (Å²) in [5, 5.41) is 14.3. The summed E-state index contributed by atoms with van der Waals surface area (Å²) in [7, 11) is 0. The van der Waals surface area contributed by atoms with E-state index < -0.39 is 0 Å². The van der Waals surface area contributed by atoms with E-state index in [9.17, 15) is 4.79 Å². The van der Waals surface area contributed by atoms with Gasteiger partial charge >= 0.3 is 0 Å². The van der Waals surface area contributed by atoms with Gasteiger partial charge in [0.25, 0.3) is 5.91 Å². The smallest absolute Gasteiger partial charge is 0.271 e. The van der Waals surface area contributed by atoms with Gasteiger partial charge in [-0.3, -0.25) is 4.79 Å². The van der Waals surface area contributed by atoms with Crippen molar-refractivity contribution in [2.75, 3.05) is 11.9 Å². The Labute approximate surface area is 143 Å². The van der Waals surface area contributed by atoms with Crippen molar-refractivity contribution in [2.45, 2.75) is 40.0 Å². The average molecular weight is 326 g/mol. The number of benzene rings is 1. The number of aromatic nitrogens is 2. The van der Waals surface area contributed by atoms with Crippen LogP contribution in [0, 0.1) is 5.92 Å². The van der Waals surface area contributed by atoms with Crippen molar-refractivity contribution < 1.29 is 4.79 Å². The monoisotopic (exact) mass is 326 g/mol. The Bertz CT molecular complexity index is 687. The van der Waals surface area contributed by atoms with Crippen molar-refractivity contribution in [3.8, 4) is 0 Å². The molecule has 1 heterocycles. The van der Waals surface area contributed by atoms with E-state index in [0.29, 0.717) is 24.0 Å². The summed E-state index contributed by atoms with van der Waals surface area (Å²) in [5.41, 5.74) is 2.54. The number of nitrogens with zero attached hydrogens (tertiary/aromatic N) is 2. The molecule has 0 aliphatic heterocycles. The predicted octanol–water partition coefficient (Wildman–Crippen LogP) is 3.90. The number of carbonyl (C=O) groups is 1. The van der Waals surface area contributed by atoms with E-state index in [2.05, 4.69) is 47.7 Å². The molecule has 0 spiro atoms. The van der Waals surface area contributed by atoms with Crippen LogP contribution in [-0.4, -0.2) is 22.6 Å². The minimum absolute atomic E-state index is 0.0215. The second-order valence-corrected chi connectivity index (χ2v) is 7.33. The van der Waals surface area contributed by atoms with E-state index in [4.69, 9.17) is 0 Å². The van der Waals surface area contributed by atoms with E-state index in [1.165, 1.54) is 5.56 Å². The third kappa shape index (κ3) is 4.78. The van der Waals surface area contributed by atoms with Crippen molar-refractivity contribution >= 4 is 17.4 Å². The van der Waals surface area contributed by atoms with Crippen LogP contribution in [0.15, 0.2) is 36.4 Å². The summed E-state index contributed by atoms with van der Waals surface area (Å²) in [5.74, 6) is 0.821. The van der Waals surface area contributed by atoms with Crippen LogP contribution in [0.1, 0.15) is 50.7 Å². The van der Waals surface area contributed by atoms with Crippen molar-refractivity contribution in [1.82, 2.24) is 15.5 Å². The van der Waals surface area contributed by atoms with Gasteiger partial charge in [-0.25, -0.2) is 0 Å². The van der Waals surface area contributed by atoms with E-state index in [1.54, 1.807) is 12.1 Å². The number of carbonyl (C=O) groups excluding carboxylic acids is 1. The Morgan fingerprint density at radius 1 is 1.08 bits per heavy atom. The molecule has 128 valence electrons. The number of nitrogens with one attached hydrogen (secondary N) is 2. The lowest BCUT2D eigenvalue weighted by Gasteiger charge is -2.23. The first kappa shape index (κ1) is 17.9. The van der Waals surface area contributed by atoms with E-state index in [1.807, 2.05) is 32.0 Å². The Morgan fingerprint density at radius 3 is 2.38 bits per heavy atom. The van der Waals surface area contributed by atoms with Gasteiger partial charge < -0.3 is 10.6 Å². The fourth-order valence-corrected chi connectivity index (χ4v) is 2.29. The van der Waals surface area contributed by atoms with Gasteiger partial charge in [-0.1, -0.05) is 52.8 Å². The normalized spacial score (nSPS) is 11.4. The van der Waals surface area contributed by atoms with Crippen LogP contribution in [-0.2, 0) is 5.41 Å². The predicted molar refractivity (Wildman–Crippen MR) is 97.6 cm³/mol. The molecule has 5 nitrogen and oxygen atoms in total. The maximum absolute atomic E-state index is 12.0. The second-order valence-electron chi connectivity index (χ2n) is 7.33. The Kier molecular flexibility index (Phi) is 5.54. The highest BCUT2D eigenvalue weighted by molar-refractivity contribution is 5.92. The van der Waals surface area contributed by atoms with Crippen LogP contribution in [0.2, 0.25) is 0 Å². The molecule has 1 amide bonds. The van der Waals surface area contributed by atoms with Gasteiger partial charge in [-0.05, 0) is 35.1 Å². The van der Waals surface area contributed by atoms with Crippen LogP contribution in [0.5, 0.6) is 0 Å². The fraction of sp³-hybridized carbons (Fsp3) is 0.421. The number of rotatable bonds is 5. The van der Waals surface area contributed by atoms with Crippen LogP contribution >= 0.6 is 0 Å². The molecule has 0 atom stereocenters. The molecular formula is C19H26N4O. The summed E-state index contributed by atoms with van der Waals surface area (Å²) in [6.45, 7) is 11.2. The highest BCUT2D eigenvalue weighted by Crippen LogP contribution is 2.30. The standard InChI is InChI=1S/C19H26N4O/c1-13(2)12-20-18(24)16-10-11-17(23-22-16)21-15-9-7-6-8-14(15)19(3,4)5/h6-11,13H,12H2,1-5H3,(H,20,24)(H,21,23). The first-order chi connectivity index (χ1) is 11.3. The lowest BCUT2D eigenvalue weighted by Crippen LogP contribution is -2.28. The summed E-state index contributed by atoms with van der Waals surface area (Å²) in [6, 6.07) is 11.6. The molecule has 0 aliphatic carbocycles. The van der Waals surface area contributed by atoms with Gasteiger partial charge in [0, 0.05) is 12.2 Å². The minimum atomic E-state index is -0.196. The molecule has 0 unspecified atom stereocenters. The molecule has 2 rings (SSSR count). The van der Waals surface area contributed by atoms with Crippen molar-refractivity contribution in [3.05, 3.63) is 47.7 Å². The zero-order valence-corrected chi connectivity index (χ0v) is 15.1. The molecule has 0 aliphatic rings. The van der Waals surface area contributed by atoms with E-state index in [-0.39, 0.29) is 11.3 Å². The fourth-order valence-electron chi connectivity index (χ4n) is 2.29. The Hall–Kier alpha value is -2.43. The van der Waals surface area contributed by atoms with Gasteiger partial charge in [0.05, 0.1) is 0 Å². The number of hydrogen-bond donors (Lipinski definition) is 2. The number of hydrogen-bond acceptors (Lipinski definition) is 4. The third-order valence-corrected chi connectivity index (χ3v) is 3.57. The summed E-state index contributed by atoms with van der Waals surface area (Å²) in [4.78, 5) is 12.0. The quantitative estimate of drug-likeness (QED) is 0.874. The van der Waals surface area contributed by atoms with E-state index >= 15 is 0 Å². The number of para-hydroxylation sites is 1. The summed E-state index contributed by atoms with van der Waals surface area (Å²) < 4.78 is 0. The zero-order chi connectivity index (χ0) is 17.7. The van der Waals surface area contributed by atoms with E-state index in [0.717, 1.165) is 5.69 Å². The van der Waals surface area contributed by atoms with Gasteiger partial charge in [-0.15, -0.1) is 10.2 Å². The molecular weight excluding hydrogens is 300 g/mol. The van der Waals surface area contributed by atoms with Crippen molar-refractivity contribution in [3.63, 3.8) is 0 Å². The van der Waals surface area contributed by atoms with Crippen LogP contribution in [0.3, 0.4) is 0 Å². The van der Waals surface area contributed by atoms with Gasteiger partial charge in [0.1, 0.15) is 0 Å². The molecule has 2 N–H and O–H groups in total. The van der Waals surface area contributed by atoms with Crippen LogP contribution < -0.4 is 10.6 Å². The first-order valence-electron chi connectivity index (χ1n) is 8.26. The lowest BCUT2D eigenvalue weighted by atomic mass is 9.86. The van der Waals surface area contributed by atoms with Crippen LogP contribution in [0.25, 0.3) is 0 Å². The van der Waals surface area contributed by atoms with Crippen molar-refractivity contribution in [1.29, 1.82) is 0 Å². The number of amides is 1. The maximum atomic E-state index is 12.0. The minimum Gasteiger partial charge on any atom is -0.350 e. The average Bonchev–Trinajstić information content (AvgIpc) is 2.53. The molecule has 0 radical (unpaired) electrons. The zero-order valence-electron chi connectivity index (χ0n) is 15.1. The SMILES string of the molecule is CC(C)CNC(=O)c1ccc(Nc2ccccc2C(C)(C)C)nn1. The third-order valence-electron chi connectivity index (χ3n) is 3.57. The molecule has 0 bridgehead atoms. The first-order valence-corrected chi connectivity index (χ1v) is 8.26. The van der Waals surface area contributed by atoms with Crippen molar-refractivity contribution in [2.24, 2.45) is 5.92 Å². The molecule has 1 aromatic carbocycles. The van der Waals surface area contributed by atoms with Gasteiger partial charge in [-0.2, -0.15) is 0 Å². The van der Waals surface area contributed by atoms with Gasteiger partial charge in [0.2, 0.25) is 0 Å². The number of anilines is 2. The topological polar surface area (TPSA) is 66.9 Å². The molecule has 24 heavy (non-hydrogen) atoms. The Balaban J connectivity index is 2.12. The lowest BCUT2D eigenvalue weighted by molar-refractivity contribution is 0.0943. The Morgan fingerprint density at radius 2 is 1.79 bits per heavy atom. The second kappa shape index (κ2) is 7.43. The molecule has 1 aromatic heterocycles. The molecule has 0 saturated carbocycles. The largest absolute Gasteiger partial charge is 0.350 e. The highest BCUT2D eigenvalue weighted by atomic mass is 16.1. The summed E-state index contributed by atoms with van der Waals surface area (Å²) in [6.07, 6.45) is 0. The summed E-state index contributed by atoms with van der Waals surface area (Å²) >= 11 is 0. The molecule has 0 fully saturated rings. The highest BCUT2D eigenvalue weighted by Gasteiger charge is 2.17. The molecule has 2 aromatic rings.